The van der Waals surface area contributed by atoms with Gasteiger partial charge in [0.1, 0.15) is 5.75 Å². The molecule has 1 aliphatic heterocycles. The number of amides is 1. The number of aromatic hydroxyl groups is 1. The number of phenolic OH excluding ortho intramolecular Hbond substituents is 1. The molecule has 1 aliphatic rings. The Labute approximate surface area is 124 Å². The molecule has 0 unspecified atom stereocenters. The van der Waals surface area contributed by atoms with Gasteiger partial charge in [-0.15, -0.1) is 0 Å². The van der Waals surface area contributed by atoms with Crippen LogP contribution in [0.5, 0.6) is 5.75 Å². The largest absolute Gasteiger partial charge is 0.508 e. The first kappa shape index (κ1) is 15.8. The van der Waals surface area contributed by atoms with Crippen LogP contribution in [0.3, 0.4) is 0 Å². The van der Waals surface area contributed by atoms with E-state index >= 15 is 0 Å². The average molecular weight is 312 g/mol. The van der Waals surface area contributed by atoms with Gasteiger partial charge in [-0.05, 0) is 31.9 Å². The van der Waals surface area contributed by atoms with E-state index in [1.807, 2.05) is 0 Å². The summed E-state index contributed by atoms with van der Waals surface area (Å²) in [6, 6.07) is 6.37. The summed E-state index contributed by atoms with van der Waals surface area (Å²) >= 11 is 0. The highest BCUT2D eigenvalue weighted by Crippen LogP contribution is 2.22. The quantitative estimate of drug-likeness (QED) is 0.879. The number of anilines is 1. The van der Waals surface area contributed by atoms with Crippen LogP contribution in [0.2, 0.25) is 0 Å². The Bertz CT molecular complexity index is 607. The Hall–Kier alpha value is -1.60. The average Bonchev–Trinajstić information content (AvgIpc) is 2.47. The molecule has 2 rings (SSSR count). The number of phenols is 1. The number of nitrogens with zero attached hydrogens (tertiary/aromatic N) is 1. The molecule has 116 valence electrons. The number of sulfonamides is 1. The summed E-state index contributed by atoms with van der Waals surface area (Å²) in [6.45, 7) is 2.39. The standard InChI is InChI=1S/C14H20N2O4S/c1-2-21(19,20)16-8-6-11(7-9-16)14(18)15-12-4-3-5-13(17)10-12/h3-5,10-11,17H,2,6-9H2,1H3,(H,15,18). The Balaban J connectivity index is 1.92. The van der Waals surface area contributed by atoms with Crippen LogP contribution >= 0.6 is 0 Å². The summed E-state index contributed by atoms with van der Waals surface area (Å²) in [4.78, 5) is 12.1. The zero-order valence-electron chi connectivity index (χ0n) is 11.9. The molecule has 0 aliphatic carbocycles. The molecule has 1 heterocycles. The molecule has 2 N–H and O–H groups in total. The molecule has 1 aromatic rings. The van der Waals surface area contributed by atoms with Gasteiger partial charge >= 0.3 is 0 Å². The van der Waals surface area contributed by atoms with E-state index in [9.17, 15) is 18.3 Å². The Morgan fingerprint density at radius 2 is 2.05 bits per heavy atom. The monoisotopic (exact) mass is 312 g/mol. The zero-order chi connectivity index (χ0) is 15.5. The lowest BCUT2D eigenvalue weighted by atomic mass is 9.97. The third-order valence-electron chi connectivity index (χ3n) is 3.70. The molecule has 1 fully saturated rings. The van der Waals surface area contributed by atoms with Crippen LogP contribution in [0.1, 0.15) is 19.8 Å². The number of hydrogen-bond donors (Lipinski definition) is 2. The smallest absolute Gasteiger partial charge is 0.227 e. The van der Waals surface area contributed by atoms with Crippen molar-refractivity contribution in [2.24, 2.45) is 5.92 Å². The number of piperidine rings is 1. The van der Waals surface area contributed by atoms with Gasteiger partial charge < -0.3 is 10.4 Å². The first-order valence-corrected chi connectivity index (χ1v) is 8.61. The Kier molecular flexibility index (Phi) is 4.84. The Morgan fingerprint density at radius 1 is 1.38 bits per heavy atom. The van der Waals surface area contributed by atoms with Crippen LogP contribution in [0.25, 0.3) is 0 Å². The molecule has 0 saturated carbocycles. The molecule has 0 atom stereocenters. The van der Waals surface area contributed by atoms with E-state index in [4.69, 9.17) is 0 Å². The summed E-state index contributed by atoms with van der Waals surface area (Å²) in [7, 11) is -3.17. The highest BCUT2D eigenvalue weighted by Gasteiger charge is 2.30. The number of rotatable bonds is 4. The molecule has 21 heavy (non-hydrogen) atoms. The third kappa shape index (κ3) is 3.95. The fourth-order valence-electron chi connectivity index (χ4n) is 2.41. The zero-order valence-corrected chi connectivity index (χ0v) is 12.8. The molecule has 1 amide bonds. The van der Waals surface area contributed by atoms with E-state index in [1.54, 1.807) is 19.1 Å². The van der Waals surface area contributed by atoms with E-state index < -0.39 is 10.0 Å². The molecular weight excluding hydrogens is 292 g/mol. The van der Waals surface area contributed by atoms with Gasteiger partial charge in [-0.2, -0.15) is 0 Å². The van der Waals surface area contributed by atoms with Crippen molar-refractivity contribution >= 4 is 21.6 Å². The van der Waals surface area contributed by atoms with Crippen molar-refractivity contribution in [1.82, 2.24) is 4.31 Å². The number of nitrogens with one attached hydrogen (secondary N) is 1. The van der Waals surface area contributed by atoms with E-state index in [2.05, 4.69) is 5.32 Å². The van der Waals surface area contributed by atoms with Gasteiger partial charge in [-0.3, -0.25) is 4.79 Å². The summed E-state index contributed by atoms with van der Waals surface area (Å²) < 4.78 is 25.0. The van der Waals surface area contributed by atoms with Gasteiger partial charge in [0.25, 0.3) is 0 Å². The van der Waals surface area contributed by atoms with Crippen LogP contribution < -0.4 is 5.32 Å². The van der Waals surface area contributed by atoms with Gasteiger partial charge in [0, 0.05) is 30.8 Å². The molecule has 7 heteroatoms. The van der Waals surface area contributed by atoms with Crippen molar-refractivity contribution in [3.8, 4) is 5.75 Å². The number of carbonyl (C=O) groups is 1. The van der Waals surface area contributed by atoms with Crippen molar-refractivity contribution < 1.29 is 18.3 Å². The van der Waals surface area contributed by atoms with Gasteiger partial charge in [0.2, 0.25) is 15.9 Å². The second-order valence-electron chi connectivity index (χ2n) is 5.11. The van der Waals surface area contributed by atoms with Crippen molar-refractivity contribution in [2.75, 3.05) is 24.2 Å². The second kappa shape index (κ2) is 6.44. The molecule has 1 aromatic carbocycles. The topological polar surface area (TPSA) is 86.7 Å². The predicted octanol–water partition coefficient (Wildman–Crippen LogP) is 1.39. The lowest BCUT2D eigenvalue weighted by Gasteiger charge is -2.30. The van der Waals surface area contributed by atoms with Crippen molar-refractivity contribution in [2.45, 2.75) is 19.8 Å². The minimum absolute atomic E-state index is 0.0904. The first-order chi connectivity index (χ1) is 9.92. The minimum Gasteiger partial charge on any atom is -0.508 e. The second-order valence-corrected chi connectivity index (χ2v) is 7.37. The summed E-state index contributed by atoms with van der Waals surface area (Å²) in [6.07, 6.45) is 1.04. The number of carbonyl (C=O) groups excluding carboxylic acids is 1. The molecule has 0 spiro atoms. The van der Waals surface area contributed by atoms with Crippen LogP contribution in [0.4, 0.5) is 5.69 Å². The maximum atomic E-state index is 12.1. The highest BCUT2D eigenvalue weighted by atomic mass is 32.2. The molecular formula is C14H20N2O4S. The van der Waals surface area contributed by atoms with Crippen LogP contribution in [-0.2, 0) is 14.8 Å². The first-order valence-electron chi connectivity index (χ1n) is 7.00. The van der Waals surface area contributed by atoms with Gasteiger partial charge in [0.05, 0.1) is 5.75 Å². The number of benzene rings is 1. The van der Waals surface area contributed by atoms with E-state index in [0.717, 1.165) is 0 Å². The van der Waals surface area contributed by atoms with Crippen LogP contribution in [0, 0.1) is 5.92 Å². The summed E-state index contributed by atoms with van der Waals surface area (Å²) in [5.41, 5.74) is 0.545. The van der Waals surface area contributed by atoms with E-state index in [-0.39, 0.29) is 23.3 Å². The number of hydrogen-bond acceptors (Lipinski definition) is 4. The van der Waals surface area contributed by atoms with Crippen LogP contribution in [-0.4, -0.2) is 42.6 Å². The van der Waals surface area contributed by atoms with Crippen molar-refractivity contribution in [1.29, 1.82) is 0 Å². The lowest BCUT2D eigenvalue weighted by Crippen LogP contribution is -2.42. The van der Waals surface area contributed by atoms with Crippen LogP contribution in [0.15, 0.2) is 24.3 Å². The summed E-state index contributed by atoms with van der Waals surface area (Å²) in [5, 5.41) is 12.1. The maximum absolute atomic E-state index is 12.1. The van der Waals surface area contributed by atoms with Gasteiger partial charge in [0.15, 0.2) is 0 Å². The molecule has 6 nitrogen and oxygen atoms in total. The van der Waals surface area contributed by atoms with Crippen molar-refractivity contribution in [3.63, 3.8) is 0 Å². The fraction of sp³-hybridized carbons (Fsp3) is 0.500. The van der Waals surface area contributed by atoms with E-state index in [1.165, 1.54) is 16.4 Å². The normalized spacial score (nSPS) is 17.6. The maximum Gasteiger partial charge on any atom is 0.227 e. The lowest BCUT2D eigenvalue weighted by molar-refractivity contribution is -0.120. The SMILES string of the molecule is CCS(=O)(=O)N1CCC(C(=O)Nc2cccc(O)c2)CC1. The molecule has 0 radical (unpaired) electrons. The minimum atomic E-state index is -3.17. The highest BCUT2D eigenvalue weighted by molar-refractivity contribution is 7.89. The van der Waals surface area contributed by atoms with Gasteiger partial charge in [-0.25, -0.2) is 12.7 Å². The van der Waals surface area contributed by atoms with Crippen molar-refractivity contribution in [3.05, 3.63) is 24.3 Å². The third-order valence-corrected chi connectivity index (χ3v) is 5.58. The predicted molar refractivity (Wildman–Crippen MR) is 80.5 cm³/mol. The molecule has 0 bridgehead atoms. The molecule has 1 saturated heterocycles. The Morgan fingerprint density at radius 3 is 2.62 bits per heavy atom. The fourth-order valence-corrected chi connectivity index (χ4v) is 3.54. The molecule has 0 aromatic heterocycles. The van der Waals surface area contributed by atoms with E-state index in [0.29, 0.717) is 31.6 Å². The van der Waals surface area contributed by atoms with Gasteiger partial charge in [-0.1, -0.05) is 6.07 Å². The summed E-state index contributed by atoms with van der Waals surface area (Å²) in [5.74, 6) is -0.144.